The fraction of sp³-hybridized carbons (Fsp3) is 0.545. The molecule has 0 fully saturated rings. The van der Waals surface area contributed by atoms with Crippen LogP contribution in [0, 0.1) is 5.92 Å². The van der Waals surface area contributed by atoms with Crippen molar-refractivity contribution < 1.29 is 9.59 Å². The predicted molar refractivity (Wildman–Crippen MR) is 123 cm³/mol. The Morgan fingerprint density at radius 2 is 2.06 bits per heavy atom. The van der Waals surface area contributed by atoms with Crippen LogP contribution >= 0.6 is 11.3 Å². The molecule has 0 bridgehead atoms. The minimum absolute atomic E-state index is 0.00618. The van der Waals surface area contributed by atoms with Gasteiger partial charge in [0.2, 0.25) is 11.8 Å². The van der Waals surface area contributed by atoms with Crippen LogP contribution in [0.5, 0.6) is 0 Å². The van der Waals surface area contributed by atoms with Crippen LogP contribution in [-0.2, 0) is 22.6 Å². The highest BCUT2D eigenvalue weighted by molar-refractivity contribution is 7.10. The summed E-state index contributed by atoms with van der Waals surface area (Å²) in [7, 11) is 3.75. The number of likely N-dealkylation sites (N-methyl/N-ethyl adjacent to an activating group) is 1. The minimum atomic E-state index is -0.199. The van der Waals surface area contributed by atoms with Crippen molar-refractivity contribution in [1.82, 2.24) is 29.9 Å². The molecule has 3 heterocycles. The first-order chi connectivity index (χ1) is 14.8. The molecule has 9 heteroatoms. The summed E-state index contributed by atoms with van der Waals surface area (Å²) in [6.45, 7) is 6.40. The lowest BCUT2D eigenvalue weighted by Crippen LogP contribution is -2.37. The van der Waals surface area contributed by atoms with Crippen molar-refractivity contribution in [2.24, 2.45) is 5.92 Å². The molecule has 0 radical (unpaired) electrons. The molecule has 2 aromatic rings. The molecule has 1 aliphatic heterocycles. The highest BCUT2D eigenvalue weighted by Gasteiger charge is 2.26. The zero-order chi connectivity index (χ0) is 22.4. The van der Waals surface area contributed by atoms with Gasteiger partial charge < -0.3 is 19.7 Å². The third-order valence-electron chi connectivity index (χ3n) is 5.11. The van der Waals surface area contributed by atoms with E-state index in [4.69, 9.17) is 0 Å². The van der Waals surface area contributed by atoms with Gasteiger partial charge in [-0.1, -0.05) is 19.9 Å². The topological polar surface area (TPSA) is 83.4 Å². The molecule has 0 spiro atoms. The molecule has 1 atom stereocenters. The number of rotatable bonds is 8. The second kappa shape index (κ2) is 10.7. The summed E-state index contributed by atoms with van der Waals surface area (Å²) in [6, 6.07) is 3.76. The Morgan fingerprint density at radius 1 is 1.26 bits per heavy atom. The van der Waals surface area contributed by atoms with E-state index in [0.717, 1.165) is 22.9 Å². The van der Waals surface area contributed by atoms with Crippen LogP contribution in [0.25, 0.3) is 6.08 Å². The number of amides is 2. The Bertz CT molecular complexity index is 903. The maximum Gasteiger partial charge on any atom is 0.246 e. The van der Waals surface area contributed by atoms with Gasteiger partial charge in [-0.3, -0.25) is 9.59 Å². The van der Waals surface area contributed by atoms with Crippen LogP contribution in [0.2, 0.25) is 0 Å². The van der Waals surface area contributed by atoms with Crippen molar-refractivity contribution in [3.05, 3.63) is 40.1 Å². The van der Waals surface area contributed by atoms with Crippen molar-refractivity contribution in [2.75, 3.05) is 33.7 Å². The second-order valence-electron chi connectivity index (χ2n) is 8.54. The van der Waals surface area contributed by atoms with Crippen molar-refractivity contribution in [2.45, 2.75) is 39.3 Å². The van der Waals surface area contributed by atoms with Gasteiger partial charge in [-0.15, -0.1) is 21.5 Å². The van der Waals surface area contributed by atoms with Crippen molar-refractivity contribution >= 4 is 29.2 Å². The number of carbonyl (C=O) groups excluding carboxylic acids is 2. The van der Waals surface area contributed by atoms with E-state index in [1.807, 2.05) is 47.5 Å². The number of nitrogens with one attached hydrogen (secondary N) is 1. The molecule has 1 aliphatic rings. The highest BCUT2D eigenvalue weighted by atomic mass is 32.1. The normalized spacial score (nSPS) is 15.4. The van der Waals surface area contributed by atoms with Gasteiger partial charge in [0.05, 0.1) is 12.6 Å². The Kier molecular flexibility index (Phi) is 7.97. The number of aromatic nitrogens is 3. The summed E-state index contributed by atoms with van der Waals surface area (Å²) < 4.78 is 2.08. The van der Waals surface area contributed by atoms with E-state index in [2.05, 4.69) is 33.9 Å². The van der Waals surface area contributed by atoms with Crippen molar-refractivity contribution in [3.8, 4) is 0 Å². The maximum atomic E-state index is 12.7. The van der Waals surface area contributed by atoms with Gasteiger partial charge in [0.15, 0.2) is 5.82 Å². The van der Waals surface area contributed by atoms with E-state index in [0.29, 0.717) is 38.5 Å². The summed E-state index contributed by atoms with van der Waals surface area (Å²) in [4.78, 5) is 29.8. The van der Waals surface area contributed by atoms with Crippen LogP contribution < -0.4 is 5.32 Å². The molecular weight excluding hydrogens is 412 g/mol. The van der Waals surface area contributed by atoms with E-state index < -0.39 is 0 Å². The molecule has 8 nitrogen and oxygen atoms in total. The first-order valence-corrected chi connectivity index (χ1v) is 11.6. The second-order valence-corrected chi connectivity index (χ2v) is 9.52. The molecule has 0 aliphatic carbocycles. The first-order valence-electron chi connectivity index (χ1n) is 10.7. The van der Waals surface area contributed by atoms with Crippen LogP contribution in [0.1, 0.15) is 42.8 Å². The predicted octanol–water partition coefficient (Wildman–Crippen LogP) is 2.20. The Balaban J connectivity index is 1.71. The molecular formula is C22H32N6O2S. The quantitative estimate of drug-likeness (QED) is 0.631. The van der Waals surface area contributed by atoms with Gasteiger partial charge in [0, 0.05) is 37.0 Å². The average molecular weight is 445 g/mol. The lowest BCUT2D eigenvalue weighted by atomic mass is 10.0. The fourth-order valence-electron chi connectivity index (χ4n) is 3.70. The summed E-state index contributed by atoms with van der Waals surface area (Å²) in [5.74, 6) is 2.01. The lowest BCUT2D eigenvalue weighted by Gasteiger charge is -2.22. The molecule has 0 unspecified atom stereocenters. The monoisotopic (exact) mass is 444 g/mol. The van der Waals surface area contributed by atoms with Crippen LogP contribution in [0.15, 0.2) is 23.6 Å². The van der Waals surface area contributed by atoms with Crippen LogP contribution in [0.4, 0.5) is 0 Å². The van der Waals surface area contributed by atoms with Crippen LogP contribution in [-0.4, -0.2) is 70.1 Å². The van der Waals surface area contributed by atoms with Crippen molar-refractivity contribution in [3.63, 3.8) is 0 Å². The van der Waals surface area contributed by atoms with Crippen LogP contribution in [0.3, 0.4) is 0 Å². The fourth-order valence-corrected chi connectivity index (χ4v) is 4.31. The Morgan fingerprint density at radius 3 is 2.74 bits per heavy atom. The lowest BCUT2D eigenvalue weighted by molar-refractivity contribution is -0.126. The SMILES string of the molecule is CC(C)C[C@@H](NC(=O)CN(C)C)c1nnc2n1CCN(C(=O)/C=C/c1cccs1)CC2. The number of fused-ring (bicyclic) bond motifs is 1. The average Bonchev–Trinajstić information content (AvgIpc) is 3.30. The standard InChI is InChI=1S/C22H32N6O2S/c1-16(2)14-18(23-20(29)15-26(3)4)22-25-24-19-9-10-27(11-12-28(19)22)21(30)8-7-17-6-5-13-31-17/h5-8,13,16,18H,9-12,14-15H2,1-4H3,(H,23,29)/b8-7+/t18-/m1/s1. The largest absolute Gasteiger partial charge is 0.345 e. The molecule has 1 N–H and O–H groups in total. The smallest absolute Gasteiger partial charge is 0.246 e. The van der Waals surface area contributed by atoms with Gasteiger partial charge in [0.25, 0.3) is 0 Å². The van der Waals surface area contributed by atoms with Gasteiger partial charge in [0.1, 0.15) is 5.82 Å². The van der Waals surface area contributed by atoms with Gasteiger partial charge in [-0.25, -0.2) is 0 Å². The molecule has 0 aromatic carbocycles. The molecule has 168 valence electrons. The van der Waals surface area contributed by atoms with Crippen molar-refractivity contribution in [1.29, 1.82) is 0 Å². The summed E-state index contributed by atoms with van der Waals surface area (Å²) >= 11 is 1.61. The Labute approximate surface area is 187 Å². The molecule has 31 heavy (non-hydrogen) atoms. The summed E-state index contributed by atoms with van der Waals surface area (Å²) in [6.07, 6.45) is 4.93. The molecule has 3 rings (SSSR count). The summed E-state index contributed by atoms with van der Waals surface area (Å²) in [5, 5.41) is 13.9. The zero-order valence-electron chi connectivity index (χ0n) is 18.7. The number of hydrogen-bond acceptors (Lipinski definition) is 6. The number of hydrogen-bond donors (Lipinski definition) is 1. The van der Waals surface area contributed by atoms with Gasteiger partial charge in [-0.2, -0.15) is 0 Å². The van der Waals surface area contributed by atoms with E-state index in [1.54, 1.807) is 17.4 Å². The number of thiophene rings is 1. The molecule has 0 saturated heterocycles. The van der Waals surface area contributed by atoms with E-state index in [9.17, 15) is 9.59 Å². The summed E-state index contributed by atoms with van der Waals surface area (Å²) in [5.41, 5.74) is 0. The maximum absolute atomic E-state index is 12.7. The molecule has 2 aromatic heterocycles. The van der Waals surface area contributed by atoms with Gasteiger partial charge >= 0.3 is 0 Å². The third-order valence-corrected chi connectivity index (χ3v) is 5.95. The van der Waals surface area contributed by atoms with E-state index >= 15 is 0 Å². The third kappa shape index (κ3) is 6.48. The minimum Gasteiger partial charge on any atom is -0.345 e. The number of nitrogens with zero attached hydrogens (tertiary/aromatic N) is 5. The molecule has 0 saturated carbocycles. The number of carbonyl (C=O) groups is 2. The van der Waals surface area contributed by atoms with E-state index in [1.165, 1.54) is 0 Å². The van der Waals surface area contributed by atoms with E-state index in [-0.39, 0.29) is 17.9 Å². The highest BCUT2D eigenvalue weighted by Crippen LogP contribution is 2.22. The molecule has 2 amide bonds. The Hall–Kier alpha value is -2.52. The zero-order valence-corrected chi connectivity index (χ0v) is 19.6. The van der Waals surface area contributed by atoms with Gasteiger partial charge in [-0.05, 0) is 44.0 Å². The first kappa shape index (κ1) is 23.1.